The number of nitrogens with one attached hydrogen (secondary N) is 1. The van der Waals surface area contributed by atoms with Crippen LogP contribution in [0, 0.1) is 17.0 Å². The van der Waals surface area contributed by atoms with E-state index in [1.54, 1.807) is 26.8 Å². The lowest BCUT2D eigenvalue weighted by Crippen LogP contribution is -2.46. The molecule has 9 nitrogen and oxygen atoms in total. The molecule has 0 saturated carbocycles. The van der Waals surface area contributed by atoms with Gasteiger partial charge in [-0.05, 0) is 26.8 Å². The molecule has 0 unspecified atom stereocenters. The van der Waals surface area contributed by atoms with Gasteiger partial charge in [0.1, 0.15) is 5.69 Å². The Morgan fingerprint density at radius 2 is 2.04 bits per heavy atom. The van der Waals surface area contributed by atoms with Crippen molar-refractivity contribution in [3.05, 3.63) is 62.1 Å². The molecule has 0 aliphatic heterocycles. The van der Waals surface area contributed by atoms with Gasteiger partial charge in [0.05, 0.1) is 4.92 Å². The summed E-state index contributed by atoms with van der Waals surface area (Å²) in [6, 6.07) is 7.17. The number of hydrogen-bond acceptors (Lipinski definition) is 6. The molecule has 132 valence electrons. The maximum Gasteiger partial charge on any atom is 0.294 e. The van der Waals surface area contributed by atoms with E-state index in [1.807, 2.05) is 0 Å². The minimum absolute atomic E-state index is 0.145. The molecule has 0 saturated heterocycles. The summed E-state index contributed by atoms with van der Waals surface area (Å²) < 4.78 is 1.21. The number of carbonyl (C=O) groups is 1. The van der Waals surface area contributed by atoms with Crippen LogP contribution in [0.1, 0.15) is 30.0 Å². The predicted molar refractivity (Wildman–Crippen MR) is 91.8 cm³/mol. The summed E-state index contributed by atoms with van der Waals surface area (Å²) in [5.74, 6) is -0.684. The van der Waals surface area contributed by atoms with E-state index in [4.69, 9.17) is 5.73 Å². The second-order valence-corrected chi connectivity index (χ2v) is 6.33. The standard InChI is InChI=1S/C16H19N5O4/c1-10-8-13(22)14(15(23)18-9-16(2,3)17)19-20(10)11-6-4-5-7-12(11)21(24)25/h4-8H,9,17H2,1-3H3,(H,18,23). The molecule has 1 aromatic heterocycles. The first-order valence-corrected chi connectivity index (χ1v) is 7.52. The van der Waals surface area contributed by atoms with Crippen molar-refractivity contribution >= 4 is 11.6 Å². The molecule has 0 atom stereocenters. The van der Waals surface area contributed by atoms with Crippen LogP contribution in [-0.2, 0) is 0 Å². The lowest BCUT2D eigenvalue weighted by atomic mass is 10.1. The maximum atomic E-state index is 12.2. The Hall–Kier alpha value is -3.07. The van der Waals surface area contributed by atoms with Crippen molar-refractivity contribution in [2.24, 2.45) is 5.73 Å². The van der Waals surface area contributed by atoms with Gasteiger partial charge in [-0.25, -0.2) is 4.68 Å². The number of aromatic nitrogens is 2. The normalized spacial score (nSPS) is 11.2. The van der Waals surface area contributed by atoms with Crippen molar-refractivity contribution in [2.75, 3.05) is 6.54 Å². The average Bonchev–Trinajstić information content (AvgIpc) is 2.52. The van der Waals surface area contributed by atoms with Crippen molar-refractivity contribution in [1.82, 2.24) is 15.1 Å². The molecular formula is C16H19N5O4. The highest BCUT2D eigenvalue weighted by Crippen LogP contribution is 2.22. The van der Waals surface area contributed by atoms with Crippen LogP contribution in [0.2, 0.25) is 0 Å². The molecule has 0 bridgehead atoms. The third-order valence-electron chi connectivity index (χ3n) is 3.33. The van der Waals surface area contributed by atoms with E-state index in [0.717, 1.165) is 0 Å². The van der Waals surface area contributed by atoms with Gasteiger partial charge in [0.2, 0.25) is 5.43 Å². The number of nitrogens with zero attached hydrogens (tertiary/aromatic N) is 3. The van der Waals surface area contributed by atoms with E-state index in [-0.39, 0.29) is 23.6 Å². The van der Waals surface area contributed by atoms with Gasteiger partial charge in [-0.15, -0.1) is 0 Å². The highest BCUT2D eigenvalue weighted by Gasteiger charge is 2.21. The van der Waals surface area contributed by atoms with Gasteiger partial charge in [0.15, 0.2) is 5.69 Å². The van der Waals surface area contributed by atoms with Gasteiger partial charge in [0, 0.05) is 29.9 Å². The predicted octanol–water partition coefficient (Wildman–Crippen LogP) is 0.916. The quantitative estimate of drug-likeness (QED) is 0.611. The number of nitro groups is 1. The van der Waals surface area contributed by atoms with Crippen molar-refractivity contribution in [1.29, 1.82) is 0 Å². The average molecular weight is 345 g/mol. The zero-order valence-electron chi connectivity index (χ0n) is 14.1. The molecule has 2 rings (SSSR count). The number of nitrogens with two attached hydrogens (primary N) is 1. The van der Waals surface area contributed by atoms with Crippen LogP contribution in [0.3, 0.4) is 0 Å². The van der Waals surface area contributed by atoms with Crippen LogP contribution in [0.5, 0.6) is 0 Å². The summed E-state index contributed by atoms with van der Waals surface area (Å²) in [7, 11) is 0. The van der Waals surface area contributed by atoms with Crippen molar-refractivity contribution in [3.8, 4) is 5.69 Å². The van der Waals surface area contributed by atoms with Crippen LogP contribution >= 0.6 is 0 Å². The SMILES string of the molecule is Cc1cc(=O)c(C(=O)NCC(C)(C)N)nn1-c1ccccc1[N+](=O)[O-]. The minimum Gasteiger partial charge on any atom is -0.349 e. The summed E-state index contributed by atoms with van der Waals surface area (Å²) in [6.07, 6.45) is 0. The van der Waals surface area contributed by atoms with Crippen LogP contribution < -0.4 is 16.5 Å². The van der Waals surface area contributed by atoms with Crippen LogP contribution in [0.25, 0.3) is 5.69 Å². The molecule has 0 aliphatic rings. The highest BCUT2D eigenvalue weighted by atomic mass is 16.6. The lowest BCUT2D eigenvalue weighted by Gasteiger charge is -2.18. The number of nitro benzene ring substituents is 1. The molecular weight excluding hydrogens is 326 g/mol. The highest BCUT2D eigenvalue weighted by molar-refractivity contribution is 5.92. The van der Waals surface area contributed by atoms with E-state index in [1.165, 1.54) is 28.9 Å². The summed E-state index contributed by atoms with van der Waals surface area (Å²) in [5.41, 5.74) is 4.58. The zero-order chi connectivity index (χ0) is 18.8. The first kappa shape index (κ1) is 18.3. The fourth-order valence-corrected chi connectivity index (χ4v) is 2.14. The number of amides is 1. The Morgan fingerprint density at radius 3 is 2.64 bits per heavy atom. The Bertz CT molecular complexity index is 883. The Kier molecular flexibility index (Phi) is 4.98. The smallest absolute Gasteiger partial charge is 0.294 e. The number of carbonyl (C=O) groups excluding carboxylic acids is 1. The molecule has 2 aromatic rings. The van der Waals surface area contributed by atoms with E-state index in [0.29, 0.717) is 5.69 Å². The number of aryl methyl sites for hydroxylation is 1. The third kappa shape index (κ3) is 4.27. The van der Waals surface area contributed by atoms with E-state index < -0.39 is 21.8 Å². The van der Waals surface area contributed by atoms with Gasteiger partial charge in [-0.2, -0.15) is 5.10 Å². The number of benzene rings is 1. The number of para-hydroxylation sites is 2. The van der Waals surface area contributed by atoms with Gasteiger partial charge in [-0.1, -0.05) is 12.1 Å². The van der Waals surface area contributed by atoms with Crippen molar-refractivity contribution < 1.29 is 9.72 Å². The van der Waals surface area contributed by atoms with Gasteiger partial charge < -0.3 is 11.1 Å². The summed E-state index contributed by atoms with van der Waals surface area (Å²) in [4.78, 5) is 35.0. The fraction of sp³-hybridized carbons (Fsp3) is 0.312. The Labute approximate surface area is 143 Å². The van der Waals surface area contributed by atoms with E-state index >= 15 is 0 Å². The molecule has 25 heavy (non-hydrogen) atoms. The lowest BCUT2D eigenvalue weighted by molar-refractivity contribution is -0.384. The van der Waals surface area contributed by atoms with Crippen LogP contribution in [0.4, 0.5) is 5.69 Å². The number of hydrogen-bond donors (Lipinski definition) is 2. The van der Waals surface area contributed by atoms with E-state index in [2.05, 4.69) is 10.4 Å². The first-order chi connectivity index (χ1) is 11.6. The summed E-state index contributed by atoms with van der Waals surface area (Å²) in [6.45, 7) is 5.17. The first-order valence-electron chi connectivity index (χ1n) is 7.52. The third-order valence-corrected chi connectivity index (χ3v) is 3.33. The van der Waals surface area contributed by atoms with Crippen LogP contribution in [-0.4, -0.2) is 32.7 Å². The topological polar surface area (TPSA) is 133 Å². The van der Waals surface area contributed by atoms with Crippen LogP contribution in [0.15, 0.2) is 35.1 Å². The van der Waals surface area contributed by atoms with Gasteiger partial charge in [-0.3, -0.25) is 19.7 Å². The summed E-state index contributed by atoms with van der Waals surface area (Å²) in [5, 5.41) is 17.8. The Morgan fingerprint density at radius 1 is 1.40 bits per heavy atom. The minimum atomic E-state index is -0.684. The van der Waals surface area contributed by atoms with E-state index in [9.17, 15) is 19.7 Å². The molecule has 3 N–H and O–H groups in total. The Balaban J connectivity index is 2.51. The maximum absolute atomic E-state index is 12.2. The fourth-order valence-electron chi connectivity index (χ4n) is 2.14. The molecule has 1 amide bonds. The molecule has 0 aliphatic carbocycles. The molecule has 0 radical (unpaired) electrons. The van der Waals surface area contributed by atoms with Gasteiger partial charge >= 0.3 is 0 Å². The molecule has 0 spiro atoms. The molecule has 1 aromatic carbocycles. The molecule has 1 heterocycles. The summed E-state index contributed by atoms with van der Waals surface area (Å²) >= 11 is 0. The second kappa shape index (κ2) is 6.81. The van der Waals surface area contributed by atoms with Crippen molar-refractivity contribution in [2.45, 2.75) is 26.3 Å². The molecule has 0 fully saturated rings. The zero-order valence-corrected chi connectivity index (χ0v) is 14.1. The number of rotatable bonds is 5. The monoisotopic (exact) mass is 345 g/mol. The molecule has 9 heteroatoms. The van der Waals surface area contributed by atoms with Crippen molar-refractivity contribution in [3.63, 3.8) is 0 Å². The second-order valence-electron chi connectivity index (χ2n) is 6.33. The van der Waals surface area contributed by atoms with Gasteiger partial charge in [0.25, 0.3) is 11.6 Å². The largest absolute Gasteiger partial charge is 0.349 e.